The van der Waals surface area contributed by atoms with Crippen molar-refractivity contribution < 1.29 is 9.53 Å². The van der Waals surface area contributed by atoms with Crippen molar-refractivity contribution in [2.45, 2.75) is 26.4 Å². The highest BCUT2D eigenvalue weighted by molar-refractivity contribution is 5.90. The van der Waals surface area contributed by atoms with E-state index in [2.05, 4.69) is 11.9 Å². The molecule has 1 aromatic rings. The van der Waals surface area contributed by atoms with Gasteiger partial charge in [-0.15, -0.1) is 0 Å². The molecule has 4 heteroatoms. The second-order valence-electron chi connectivity index (χ2n) is 5.24. The molecule has 2 N–H and O–H groups in total. The Bertz CT molecular complexity index is 487. The molecule has 0 heterocycles. The summed E-state index contributed by atoms with van der Waals surface area (Å²) in [4.78, 5) is 11.9. The minimum atomic E-state index is -0.505. The fourth-order valence-electron chi connectivity index (χ4n) is 1.36. The van der Waals surface area contributed by atoms with E-state index >= 15 is 0 Å². The number of benzene rings is 1. The second kappa shape index (κ2) is 6.18. The van der Waals surface area contributed by atoms with Gasteiger partial charge in [-0.3, -0.25) is 0 Å². The first kappa shape index (κ1) is 15.0. The largest absolute Gasteiger partial charge is 0.456 e. The minimum absolute atomic E-state index is 0.345. The summed E-state index contributed by atoms with van der Waals surface area (Å²) < 4.78 is 5.31. The Morgan fingerprint density at radius 3 is 2.74 bits per heavy atom. The summed E-state index contributed by atoms with van der Waals surface area (Å²) in [6.07, 6.45) is 1.20. The van der Waals surface area contributed by atoms with Gasteiger partial charge in [-0.1, -0.05) is 12.6 Å². The third-order valence-corrected chi connectivity index (χ3v) is 2.22. The van der Waals surface area contributed by atoms with Crippen molar-refractivity contribution in [2.24, 2.45) is 0 Å². The zero-order chi connectivity index (χ0) is 14.5. The molecule has 0 radical (unpaired) electrons. The molecule has 4 nitrogen and oxygen atoms in total. The molecule has 0 atom stereocenters. The van der Waals surface area contributed by atoms with Gasteiger partial charge in [0.25, 0.3) is 0 Å². The lowest BCUT2D eigenvalue weighted by Crippen LogP contribution is -2.23. The Kier molecular flexibility index (Phi) is 4.87. The molecule has 1 rings (SSSR count). The summed E-state index contributed by atoms with van der Waals surface area (Å²) in [5, 5.41) is 10.1. The zero-order valence-electron chi connectivity index (χ0n) is 11.6. The summed E-state index contributed by atoms with van der Waals surface area (Å²) in [5.74, 6) is -0.345. The van der Waals surface area contributed by atoms with Crippen LogP contribution in [-0.4, -0.2) is 24.3 Å². The van der Waals surface area contributed by atoms with Crippen molar-refractivity contribution in [1.29, 1.82) is 5.41 Å². The molecular formula is C15H20N2O2. The van der Waals surface area contributed by atoms with Gasteiger partial charge in [0.05, 0.1) is 5.56 Å². The highest BCUT2D eigenvalue weighted by Crippen LogP contribution is 2.15. The second-order valence-corrected chi connectivity index (χ2v) is 5.24. The normalized spacial score (nSPS) is 10.7. The predicted octanol–water partition coefficient (Wildman–Crippen LogP) is 3.26. The van der Waals surface area contributed by atoms with Crippen LogP contribution in [0.2, 0.25) is 0 Å². The van der Waals surface area contributed by atoms with Crippen molar-refractivity contribution in [2.75, 3.05) is 11.9 Å². The summed E-state index contributed by atoms with van der Waals surface area (Å²) in [6.45, 7) is 9.67. The van der Waals surface area contributed by atoms with Crippen LogP contribution in [0.5, 0.6) is 0 Å². The van der Waals surface area contributed by atoms with Gasteiger partial charge >= 0.3 is 5.97 Å². The third kappa shape index (κ3) is 5.38. The summed E-state index contributed by atoms with van der Waals surface area (Å²) in [5.41, 5.74) is 1.46. The van der Waals surface area contributed by atoms with E-state index in [0.717, 1.165) is 5.69 Å². The van der Waals surface area contributed by atoms with Crippen molar-refractivity contribution >= 4 is 17.9 Å². The first-order chi connectivity index (χ1) is 8.81. The molecule has 0 bridgehead atoms. The van der Waals surface area contributed by atoms with Crippen molar-refractivity contribution in [3.05, 3.63) is 42.0 Å². The molecule has 0 spiro atoms. The van der Waals surface area contributed by atoms with E-state index in [-0.39, 0.29) is 5.97 Å². The van der Waals surface area contributed by atoms with E-state index < -0.39 is 5.60 Å². The van der Waals surface area contributed by atoms with Gasteiger partial charge in [-0.2, -0.15) is 0 Å². The fraction of sp³-hybridized carbons (Fsp3) is 0.333. The van der Waals surface area contributed by atoms with E-state index in [1.165, 1.54) is 6.21 Å². The van der Waals surface area contributed by atoms with E-state index in [1.54, 1.807) is 18.2 Å². The van der Waals surface area contributed by atoms with Crippen molar-refractivity contribution in [3.8, 4) is 0 Å². The number of rotatable bonds is 5. The molecule has 0 aliphatic carbocycles. The van der Waals surface area contributed by atoms with Crippen LogP contribution >= 0.6 is 0 Å². The highest BCUT2D eigenvalue weighted by atomic mass is 16.6. The molecule has 0 saturated heterocycles. The molecule has 19 heavy (non-hydrogen) atoms. The average Bonchev–Trinajstić information content (AvgIpc) is 2.34. The molecule has 0 aliphatic rings. The highest BCUT2D eigenvalue weighted by Gasteiger charge is 2.17. The van der Waals surface area contributed by atoms with E-state index in [4.69, 9.17) is 10.1 Å². The number of esters is 1. The molecule has 0 unspecified atom stereocenters. The molecule has 1 aromatic carbocycles. The standard InChI is InChI=1S/C15H20N2O2/c1-11(9-16)10-17-13-7-5-6-12(8-13)14(18)19-15(2,3)4/h5-9,16-17H,1,10H2,2-4H3. The smallest absolute Gasteiger partial charge is 0.338 e. The monoisotopic (exact) mass is 260 g/mol. The molecular weight excluding hydrogens is 240 g/mol. The number of nitrogens with one attached hydrogen (secondary N) is 2. The number of anilines is 1. The van der Waals surface area contributed by atoms with Gasteiger partial charge in [0.1, 0.15) is 5.60 Å². The maximum atomic E-state index is 11.9. The van der Waals surface area contributed by atoms with Gasteiger partial charge < -0.3 is 15.5 Å². The molecule has 0 fully saturated rings. The van der Waals surface area contributed by atoms with Crippen LogP contribution in [0.15, 0.2) is 36.4 Å². The Balaban J connectivity index is 2.74. The Morgan fingerprint density at radius 2 is 2.16 bits per heavy atom. The lowest BCUT2D eigenvalue weighted by molar-refractivity contribution is 0.00696. The molecule has 0 aliphatic heterocycles. The number of hydrogen-bond acceptors (Lipinski definition) is 4. The van der Waals surface area contributed by atoms with E-state index in [1.807, 2.05) is 26.8 Å². The Labute approximate surface area is 114 Å². The Morgan fingerprint density at radius 1 is 1.47 bits per heavy atom. The van der Waals surface area contributed by atoms with Crippen LogP contribution in [0.25, 0.3) is 0 Å². The van der Waals surface area contributed by atoms with Crippen LogP contribution < -0.4 is 5.32 Å². The van der Waals surface area contributed by atoms with E-state index in [0.29, 0.717) is 17.7 Å². The first-order valence-electron chi connectivity index (χ1n) is 6.07. The van der Waals surface area contributed by atoms with Crippen molar-refractivity contribution in [1.82, 2.24) is 0 Å². The fourth-order valence-corrected chi connectivity index (χ4v) is 1.36. The molecule has 0 aromatic heterocycles. The molecule has 0 saturated carbocycles. The van der Waals surface area contributed by atoms with Crippen LogP contribution in [0.4, 0.5) is 5.69 Å². The third-order valence-electron chi connectivity index (χ3n) is 2.22. The Hall–Kier alpha value is -2.10. The minimum Gasteiger partial charge on any atom is -0.456 e. The number of ether oxygens (including phenoxy) is 1. The first-order valence-corrected chi connectivity index (χ1v) is 6.07. The summed E-state index contributed by atoms with van der Waals surface area (Å²) >= 11 is 0. The van der Waals surface area contributed by atoms with E-state index in [9.17, 15) is 4.79 Å². The summed E-state index contributed by atoms with van der Waals surface area (Å²) in [6, 6.07) is 7.08. The predicted molar refractivity (Wildman–Crippen MR) is 78.0 cm³/mol. The molecule has 102 valence electrons. The summed E-state index contributed by atoms with van der Waals surface area (Å²) in [7, 11) is 0. The SMILES string of the molecule is C=C(C=N)CNc1cccc(C(=O)OC(C)(C)C)c1. The van der Waals surface area contributed by atoms with Gasteiger partial charge in [-0.25, -0.2) is 4.79 Å². The quantitative estimate of drug-likeness (QED) is 0.631. The van der Waals surface area contributed by atoms with Crippen LogP contribution in [0.3, 0.4) is 0 Å². The topological polar surface area (TPSA) is 62.2 Å². The maximum Gasteiger partial charge on any atom is 0.338 e. The zero-order valence-corrected chi connectivity index (χ0v) is 11.6. The van der Waals surface area contributed by atoms with Gasteiger partial charge in [0.2, 0.25) is 0 Å². The number of carbonyl (C=O) groups excluding carboxylic acids is 1. The molecule has 0 amide bonds. The van der Waals surface area contributed by atoms with Crippen molar-refractivity contribution in [3.63, 3.8) is 0 Å². The number of hydrogen-bond donors (Lipinski definition) is 2. The van der Waals surface area contributed by atoms with Gasteiger partial charge in [-0.05, 0) is 44.5 Å². The maximum absolute atomic E-state index is 11.9. The average molecular weight is 260 g/mol. The number of carbonyl (C=O) groups is 1. The van der Waals surface area contributed by atoms with Crippen LogP contribution in [-0.2, 0) is 4.74 Å². The van der Waals surface area contributed by atoms with Crippen LogP contribution in [0, 0.1) is 5.41 Å². The lowest BCUT2D eigenvalue weighted by Gasteiger charge is -2.19. The van der Waals surface area contributed by atoms with Gasteiger partial charge in [0, 0.05) is 18.4 Å². The lowest BCUT2D eigenvalue weighted by atomic mass is 10.1. The van der Waals surface area contributed by atoms with Crippen LogP contribution in [0.1, 0.15) is 31.1 Å². The van der Waals surface area contributed by atoms with Gasteiger partial charge in [0.15, 0.2) is 0 Å².